The van der Waals surface area contributed by atoms with Crippen LogP contribution in [0.3, 0.4) is 0 Å². The predicted molar refractivity (Wildman–Crippen MR) is 80.6 cm³/mol. The predicted octanol–water partition coefficient (Wildman–Crippen LogP) is 3.29. The quantitative estimate of drug-likeness (QED) is 0.871. The van der Waals surface area contributed by atoms with Crippen LogP contribution in [0.5, 0.6) is 5.75 Å². The molecule has 2 rings (SSSR count). The zero-order valence-corrected chi connectivity index (χ0v) is 13.2. The molecule has 4 heteroatoms. The van der Waals surface area contributed by atoms with Crippen molar-refractivity contribution in [1.82, 2.24) is 0 Å². The first-order chi connectivity index (χ1) is 9.08. The Morgan fingerprint density at radius 2 is 2.11 bits per heavy atom. The second-order valence-electron chi connectivity index (χ2n) is 5.37. The van der Waals surface area contributed by atoms with E-state index in [0.717, 1.165) is 35.9 Å². The highest BCUT2D eigenvalue weighted by Crippen LogP contribution is 2.39. The van der Waals surface area contributed by atoms with Gasteiger partial charge in [0.15, 0.2) is 0 Å². The molecule has 0 spiro atoms. The fourth-order valence-electron chi connectivity index (χ4n) is 2.73. The lowest BCUT2D eigenvalue weighted by Gasteiger charge is -2.42. The van der Waals surface area contributed by atoms with E-state index in [4.69, 9.17) is 15.2 Å². The van der Waals surface area contributed by atoms with Crippen LogP contribution in [0.15, 0.2) is 22.7 Å². The summed E-state index contributed by atoms with van der Waals surface area (Å²) < 4.78 is 12.0. The van der Waals surface area contributed by atoms with E-state index in [1.54, 1.807) is 14.2 Å². The molecule has 19 heavy (non-hydrogen) atoms. The van der Waals surface area contributed by atoms with Crippen molar-refractivity contribution in [3.05, 3.63) is 28.2 Å². The molecule has 1 unspecified atom stereocenters. The van der Waals surface area contributed by atoms with Gasteiger partial charge in [0.05, 0.1) is 12.7 Å². The molecule has 2 N–H and O–H groups in total. The van der Waals surface area contributed by atoms with Crippen LogP contribution in [-0.2, 0) is 11.2 Å². The lowest BCUT2D eigenvalue weighted by molar-refractivity contribution is -0.0813. The van der Waals surface area contributed by atoms with Gasteiger partial charge in [-0.15, -0.1) is 0 Å². The van der Waals surface area contributed by atoms with Gasteiger partial charge >= 0.3 is 0 Å². The molecule has 0 aliphatic heterocycles. The van der Waals surface area contributed by atoms with E-state index >= 15 is 0 Å². The van der Waals surface area contributed by atoms with Gasteiger partial charge in [0, 0.05) is 17.6 Å². The number of rotatable bonds is 6. The summed E-state index contributed by atoms with van der Waals surface area (Å²) in [6.07, 6.45) is 5.28. The Hall–Kier alpha value is -0.580. The third kappa shape index (κ3) is 3.50. The van der Waals surface area contributed by atoms with Gasteiger partial charge in [0.25, 0.3) is 0 Å². The van der Waals surface area contributed by atoms with Crippen LogP contribution >= 0.6 is 15.9 Å². The Kier molecular flexibility index (Phi) is 4.87. The molecule has 3 nitrogen and oxygen atoms in total. The molecule has 1 aromatic carbocycles. The zero-order valence-electron chi connectivity index (χ0n) is 11.6. The van der Waals surface area contributed by atoms with E-state index in [1.165, 1.54) is 12.0 Å². The van der Waals surface area contributed by atoms with Gasteiger partial charge in [-0.05, 0) is 55.9 Å². The smallest absolute Gasteiger partial charge is 0.119 e. The maximum Gasteiger partial charge on any atom is 0.119 e. The topological polar surface area (TPSA) is 44.5 Å². The average Bonchev–Trinajstić information content (AvgIpc) is 2.36. The minimum absolute atomic E-state index is 0.0325. The molecule has 106 valence electrons. The summed E-state index contributed by atoms with van der Waals surface area (Å²) in [5, 5.41) is 0. The fraction of sp³-hybridized carbons (Fsp3) is 0.600. The molecule has 1 fully saturated rings. The van der Waals surface area contributed by atoms with Gasteiger partial charge < -0.3 is 15.2 Å². The largest absolute Gasteiger partial charge is 0.497 e. The van der Waals surface area contributed by atoms with Gasteiger partial charge in [-0.3, -0.25) is 0 Å². The first-order valence-corrected chi connectivity index (χ1v) is 7.51. The van der Waals surface area contributed by atoms with E-state index in [-0.39, 0.29) is 11.6 Å². The highest BCUT2D eigenvalue weighted by Gasteiger charge is 2.38. The Bertz CT molecular complexity index is 427. The van der Waals surface area contributed by atoms with E-state index in [1.807, 2.05) is 18.2 Å². The number of halogens is 1. The lowest BCUT2D eigenvalue weighted by atomic mass is 9.75. The van der Waals surface area contributed by atoms with Gasteiger partial charge in [-0.25, -0.2) is 0 Å². The Morgan fingerprint density at radius 3 is 2.63 bits per heavy atom. The maximum atomic E-state index is 6.30. The number of nitrogens with two attached hydrogens (primary N) is 1. The molecule has 1 aliphatic carbocycles. The normalized spacial score (nSPS) is 18.7. The Balaban J connectivity index is 2.00. The van der Waals surface area contributed by atoms with Crippen molar-refractivity contribution in [2.45, 2.75) is 43.7 Å². The molecule has 1 atom stereocenters. The highest BCUT2D eigenvalue weighted by atomic mass is 79.9. The molecule has 0 amide bonds. The summed E-state index contributed by atoms with van der Waals surface area (Å²) in [7, 11) is 3.48. The molecule has 0 saturated heterocycles. The maximum absolute atomic E-state index is 6.30. The van der Waals surface area contributed by atoms with E-state index in [9.17, 15) is 0 Å². The summed E-state index contributed by atoms with van der Waals surface area (Å²) in [6, 6.07) is 6.12. The number of ether oxygens (including phenoxy) is 2. The molecule has 0 radical (unpaired) electrons. The molecule has 1 aliphatic rings. The zero-order chi connectivity index (χ0) is 13.9. The first kappa shape index (κ1) is 14.8. The van der Waals surface area contributed by atoms with E-state index < -0.39 is 0 Å². The number of hydrogen-bond acceptors (Lipinski definition) is 3. The Labute approximate surface area is 123 Å². The van der Waals surface area contributed by atoms with Crippen LogP contribution in [0, 0.1) is 0 Å². The van der Waals surface area contributed by atoms with Crippen LogP contribution in [0.2, 0.25) is 0 Å². The summed E-state index contributed by atoms with van der Waals surface area (Å²) in [5.74, 6) is 0.871. The first-order valence-electron chi connectivity index (χ1n) is 6.72. The lowest BCUT2D eigenvalue weighted by Crippen LogP contribution is -2.45. The number of hydrogen-bond donors (Lipinski definition) is 1. The minimum atomic E-state index is 0.0325. The van der Waals surface area contributed by atoms with Gasteiger partial charge in [0.2, 0.25) is 0 Å². The summed E-state index contributed by atoms with van der Waals surface area (Å²) in [5.41, 5.74) is 7.52. The van der Waals surface area contributed by atoms with Crippen LogP contribution in [0.1, 0.15) is 31.2 Å². The van der Waals surface area contributed by atoms with Crippen LogP contribution in [-0.4, -0.2) is 25.9 Å². The average molecular weight is 328 g/mol. The minimum Gasteiger partial charge on any atom is -0.497 e. The molecule has 0 bridgehead atoms. The van der Waals surface area contributed by atoms with Crippen LogP contribution in [0.25, 0.3) is 0 Å². The standard InChI is InChI=1S/C15H22BrNO2/c1-18-13-4-5-14(16)11(9-13)8-12(17)10-15(19-2)6-3-7-15/h4-5,9,12H,3,6-8,10,17H2,1-2H3. The van der Waals surface area contributed by atoms with Crippen molar-refractivity contribution in [3.8, 4) is 5.75 Å². The summed E-state index contributed by atoms with van der Waals surface area (Å²) >= 11 is 3.57. The second-order valence-corrected chi connectivity index (χ2v) is 6.22. The monoisotopic (exact) mass is 327 g/mol. The molecule has 0 heterocycles. The van der Waals surface area contributed by atoms with Crippen LogP contribution in [0.4, 0.5) is 0 Å². The SMILES string of the molecule is COc1ccc(Br)c(CC(N)CC2(OC)CCC2)c1. The number of methoxy groups -OCH3 is 2. The van der Waals surface area contributed by atoms with Crippen molar-refractivity contribution in [2.24, 2.45) is 5.73 Å². The van der Waals surface area contributed by atoms with Gasteiger partial charge in [0.1, 0.15) is 5.75 Å². The van der Waals surface area contributed by atoms with Crippen LogP contribution < -0.4 is 10.5 Å². The van der Waals surface area contributed by atoms with Crippen molar-refractivity contribution in [2.75, 3.05) is 14.2 Å². The highest BCUT2D eigenvalue weighted by molar-refractivity contribution is 9.10. The van der Waals surface area contributed by atoms with E-state index in [0.29, 0.717) is 0 Å². The number of benzene rings is 1. The second kappa shape index (κ2) is 6.25. The van der Waals surface area contributed by atoms with Gasteiger partial charge in [-0.2, -0.15) is 0 Å². The van der Waals surface area contributed by atoms with Crippen molar-refractivity contribution in [3.63, 3.8) is 0 Å². The van der Waals surface area contributed by atoms with E-state index in [2.05, 4.69) is 15.9 Å². The van der Waals surface area contributed by atoms with Crippen molar-refractivity contribution in [1.29, 1.82) is 0 Å². The van der Waals surface area contributed by atoms with Crippen molar-refractivity contribution >= 4 is 15.9 Å². The van der Waals surface area contributed by atoms with Crippen molar-refractivity contribution < 1.29 is 9.47 Å². The molecule has 0 aromatic heterocycles. The molecule has 1 aromatic rings. The third-order valence-corrected chi connectivity index (χ3v) is 4.84. The molecular formula is C15H22BrNO2. The molecular weight excluding hydrogens is 306 g/mol. The third-order valence-electron chi connectivity index (χ3n) is 4.07. The Morgan fingerprint density at radius 1 is 1.37 bits per heavy atom. The summed E-state index contributed by atoms with van der Waals surface area (Å²) in [4.78, 5) is 0. The fourth-order valence-corrected chi connectivity index (χ4v) is 3.14. The summed E-state index contributed by atoms with van der Waals surface area (Å²) in [6.45, 7) is 0. The molecule has 1 saturated carbocycles. The van der Waals surface area contributed by atoms with Gasteiger partial charge in [-0.1, -0.05) is 15.9 Å².